The Kier molecular flexibility index (Phi) is 2.08. The fourth-order valence-corrected chi connectivity index (χ4v) is 1.05. The smallest absolute Gasteiger partial charge is 0.176 e. The number of hydrogen-bond acceptors (Lipinski definition) is 3. The second kappa shape index (κ2) is 2.91. The number of imidazole rings is 1. The van der Waals surface area contributed by atoms with Gasteiger partial charge in [0.05, 0.1) is 6.33 Å². The summed E-state index contributed by atoms with van der Waals surface area (Å²) in [5.41, 5.74) is 0.306. The monoisotopic (exact) mass is 174 g/mol. The fraction of sp³-hybridized carbons (Fsp3) is 0.444. The lowest BCUT2D eigenvalue weighted by Crippen LogP contribution is -2.22. The van der Waals surface area contributed by atoms with Crippen molar-refractivity contribution in [2.45, 2.75) is 26.3 Å². The molecule has 0 bridgehead atoms. The lowest BCUT2D eigenvalue weighted by Gasteiger charge is -2.21. The van der Waals surface area contributed by atoms with Gasteiger partial charge in [-0.25, -0.2) is 4.98 Å². The van der Waals surface area contributed by atoms with Gasteiger partial charge in [0.15, 0.2) is 11.4 Å². The van der Waals surface area contributed by atoms with Crippen LogP contribution in [-0.4, -0.2) is 9.55 Å². The van der Waals surface area contributed by atoms with E-state index in [1.807, 2.05) is 32.9 Å². The highest BCUT2D eigenvalue weighted by Gasteiger charge is 2.19. The molecule has 1 rings (SSSR count). The molecule has 1 heterocycles. The normalized spacial score (nSPS) is 10.5. The van der Waals surface area contributed by atoms with Gasteiger partial charge < -0.3 is 4.57 Å². The van der Waals surface area contributed by atoms with Crippen molar-refractivity contribution in [3.8, 4) is 12.1 Å². The molecule has 0 radical (unpaired) electrons. The largest absolute Gasteiger partial charge is 0.316 e. The number of aromatic nitrogens is 2. The van der Waals surface area contributed by atoms with Crippen molar-refractivity contribution in [2.75, 3.05) is 0 Å². The van der Waals surface area contributed by atoms with Crippen LogP contribution < -0.4 is 0 Å². The minimum atomic E-state index is -0.215. The summed E-state index contributed by atoms with van der Waals surface area (Å²) in [7, 11) is 0. The topological polar surface area (TPSA) is 65.4 Å². The Morgan fingerprint density at radius 3 is 2.31 bits per heavy atom. The third kappa shape index (κ3) is 1.52. The SMILES string of the molecule is CC(C)(C)n1cnc(C#N)c1C#N. The van der Waals surface area contributed by atoms with Crippen LogP contribution in [0.3, 0.4) is 0 Å². The van der Waals surface area contributed by atoms with E-state index in [-0.39, 0.29) is 11.2 Å². The van der Waals surface area contributed by atoms with Gasteiger partial charge in [0, 0.05) is 5.54 Å². The van der Waals surface area contributed by atoms with Gasteiger partial charge in [-0.1, -0.05) is 0 Å². The molecule has 0 unspecified atom stereocenters. The molecule has 4 heteroatoms. The Hall–Kier alpha value is -1.81. The summed E-state index contributed by atoms with van der Waals surface area (Å²) in [5.74, 6) is 0. The van der Waals surface area contributed by atoms with Crippen LogP contribution in [0.2, 0.25) is 0 Å². The first-order valence-electron chi connectivity index (χ1n) is 3.88. The fourth-order valence-electron chi connectivity index (χ4n) is 1.05. The van der Waals surface area contributed by atoms with E-state index in [9.17, 15) is 0 Å². The van der Waals surface area contributed by atoms with Gasteiger partial charge in [-0.2, -0.15) is 10.5 Å². The van der Waals surface area contributed by atoms with Crippen LogP contribution in [0.4, 0.5) is 0 Å². The molecule has 0 aliphatic rings. The molecule has 0 aliphatic carbocycles. The first-order chi connectivity index (χ1) is 6.00. The van der Waals surface area contributed by atoms with Crippen molar-refractivity contribution in [2.24, 2.45) is 0 Å². The molecule has 1 aromatic rings. The molecule has 4 nitrogen and oxygen atoms in total. The molecule has 13 heavy (non-hydrogen) atoms. The molecule has 0 saturated carbocycles. The first-order valence-corrected chi connectivity index (χ1v) is 3.88. The average Bonchev–Trinajstić information content (AvgIpc) is 2.45. The first kappa shape index (κ1) is 9.28. The second-order valence-electron chi connectivity index (χ2n) is 3.71. The molecular weight excluding hydrogens is 164 g/mol. The van der Waals surface area contributed by atoms with Crippen LogP contribution in [0.1, 0.15) is 32.2 Å². The summed E-state index contributed by atoms with van der Waals surface area (Å²) < 4.78 is 1.70. The molecule has 0 amide bonds. The molecule has 0 N–H and O–H groups in total. The Labute approximate surface area is 77.0 Å². The molecule has 0 spiro atoms. The Morgan fingerprint density at radius 2 is 1.92 bits per heavy atom. The lowest BCUT2D eigenvalue weighted by atomic mass is 10.1. The zero-order valence-corrected chi connectivity index (χ0v) is 7.87. The number of nitriles is 2. The van der Waals surface area contributed by atoms with Crippen LogP contribution in [0.15, 0.2) is 6.33 Å². The van der Waals surface area contributed by atoms with E-state index in [4.69, 9.17) is 10.5 Å². The number of nitrogens with zero attached hydrogens (tertiary/aromatic N) is 4. The average molecular weight is 174 g/mol. The molecule has 1 aromatic heterocycles. The molecular formula is C9H10N4. The maximum atomic E-state index is 8.82. The van der Waals surface area contributed by atoms with Gasteiger partial charge in [0.2, 0.25) is 0 Å². The van der Waals surface area contributed by atoms with E-state index in [1.54, 1.807) is 4.57 Å². The maximum Gasteiger partial charge on any atom is 0.176 e. The van der Waals surface area contributed by atoms with Gasteiger partial charge in [0.25, 0.3) is 0 Å². The lowest BCUT2D eigenvalue weighted by molar-refractivity contribution is 0.393. The number of rotatable bonds is 0. The van der Waals surface area contributed by atoms with Crippen LogP contribution in [0, 0.1) is 22.7 Å². The predicted octanol–water partition coefficient (Wildman–Crippen LogP) is 1.38. The molecule has 0 atom stereocenters. The Morgan fingerprint density at radius 1 is 1.31 bits per heavy atom. The van der Waals surface area contributed by atoms with Crippen molar-refractivity contribution in [3.05, 3.63) is 17.7 Å². The third-order valence-electron chi connectivity index (χ3n) is 1.70. The van der Waals surface area contributed by atoms with Crippen molar-refractivity contribution in [1.82, 2.24) is 9.55 Å². The van der Waals surface area contributed by atoms with Crippen LogP contribution in [-0.2, 0) is 5.54 Å². The minimum absolute atomic E-state index is 0.192. The molecule has 0 fully saturated rings. The van der Waals surface area contributed by atoms with Crippen molar-refractivity contribution in [3.63, 3.8) is 0 Å². The summed E-state index contributed by atoms with van der Waals surface area (Å²) >= 11 is 0. The highest BCUT2D eigenvalue weighted by atomic mass is 15.1. The van der Waals surface area contributed by atoms with E-state index < -0.39 is 0 Å². The van der Waals surface area contributed by atoms with Gasteiger partial charge in [-0.3, -0.25) is 0 Å². The molecule has 0 aliphatic heterocycles. The summed E-state index contributed by atoms with van der Waals surface area (Å²) in [6, 6.07) is 3.86. The highest BCUT2D eigenvalue weighted by Crippen LogP contribution is 2.17. The standard InChI is InChI=1S/C9H10N4/c1-9(2,3)13-6-12-7(4-10)8(13)5-11/h6H,1-3H3. The maximum absolute atomic E-state index is 8.82. The Bertz CT molecular complexity index is 395. The van der Waals surface area contributed by atoms with Crippen LogP contribution in [0.5, 0.6) is 0 Å². The summed E-state index contributed by atoms with van der Waals surface area (Å²) in [5, 5.41) is 17.5. The van der Waals surface area contributed by atoms with Crippen LogP contribution >= 0.6 is 0 Å². The van der Waals surface area contributed by atoms with Crippen molar-refractivity contribution >= 4 is 0 Å². The minimum Gasteiger partial charge on any atom is -0.316 e. The summed E-state index contributed by atoms with van der Waals surface area (Å²) in [4.78, 5) is 3.85. The van der Waals surface area contributed by atoms with Gasteiger partial charge >= 0.3 is 0 Å². The summed E-state index contributed by atoms with van der Waals surface area (Å²) in [6.45, 7) is 5.87. The van der Waals surface area contributed by atoms with E-state index >= 15 is 0 Å². The van der Waals surface area contributed by atoms with E-state index in [0.717, 1.165) is 0 Å². The zero-order chi connectivity index (χ0) is 10.1. The molecule has 66 valence electrons. The number of hydrogen-bond donors (Lipinski definition) is 0. The summed E-state index contributed by atoms with van der Waals surface area (Å²) in [6.07, 6.45) is 1.52. The van der Waals surface area contributed by atoms with E-state index in [2.05, 4.69) is 4.98 Å². The van der Waals surface area contributed by atoms with Crippen molar-refractivity contribution in [1.29, 1.82) is 10.5 Å². The van der Waals surface area contributed by atoms with Gasteiger partial charge in [-0.15, -0.1) is 0 Å². The Balaban J connectivity index is 3.37. The predicted molar refractivity (Wildman–Crippen MR) is 46.7 cm³/mol. The second-order valence-corrected chi connectivity index (χ2v) is 3.71. The third-order valence-corrected chi connectivity index (χ3v) is 1.70. The van der Waals surface area contributed by atoms with Gasteiger partial charge in [0.1, 0.15) is 12.1 Å². The van der Waals surface area contributed by atoms with Crippen LogP contribution in [0.25, 0.3) is 0 Å². The molecule has 0 saturated heterocycles. The van der Waals surface area contributed by atoms with Crippen molar-refractivity contribution < 1.29 is 0 Å². The van der Waals surface area contributed by atoms with E-state index in [0.29, 0.717) is 5.69 Å². The zero-order valence-electron chi connectivity index (χ0n) is 7.87. The van der Waals surface area contributed by atoms with E-state index in [1.165, 1.54) is 6.33 Å². The quantitative estimate of drug-likeness (QED) is 0.596. The highest BCUT2D eigenvalue weighted by molar-refractivity contribution is 5.36. The van der Waals surface area contributed by atoms with Gasteiger partial charge in [-0.05, 0) is 20.8 Å². The molecule has 0 aromatic carbocycles.